The maximum absolute atomic E-state index is 10.3. The van der Waals surface area contributed by atoms with Crippen LogP contribution in [0, 0.1) is 0 Å². The Morgan fingerprint density at radius 1 is 1.23 bits per heavy atom. The monoisotopic (exact) mass is 177 g/mol. The van der Waals surface area contributed by atoms with Crippen LogP contribution >= 0.6 is 0 Å². The molecule has 0 unspecified atom stereocenters. The summed E-state index contributed by atoms with van der Waals surface area (Å²) in [5.41, 5.74) is 0.531. The predicted molar refractivity (Wildman–Crippen MR) is 48.9 cm³/mol. The standard InChI is InChI=1S/C9H11N3O/c13-7-8-5-10-9(11-6-8)12-3-1-2-4-12/h5-7H,1-4H2. The summed E-state index contributed by atoms with van der Waals surface area (Å²) in [4.78, 5) is 20.7. The van der Waals surface area contributed by atoms with Gasteiger partial charge in [-0.2, -0.15) is 0 Å². The minimum atomic E-state index is 0.531. The summed E-state index contributed by atoms with van der Waals surface area (Å²) in [5, 5.41) is 0. The molecule has 1 aliphatic heterocycles. The van der Waals surface area contributed by atoms with Crippen molar-refractivity contribution in [2.45, 2.75) is 12.8 Å². The van der Waals surface area contributed by atoms with Crippen LogP contribution < -0.4 is 4.90 Å². The molecule has 0 N–H and O–H groups in total. The number of hydrogen-bond donors (Lipinski definition) is 0. The molecule has 0 radical (unpaired) electrons. The van der Waals surface area contributed by atoms with E-state index in [1.807, 2.05) is 0 Å². The zero-order chi connectivity index (χ0) is 9.10. The molecule has 0 amide bonds. The number of aldehydes is 1. The zero-order valence-electron chi connectivity index (χ0n) is 7.31. The van der Waals surface area contributed by atoms with Gasteiger partial charge in [-0.25, -0.2) is 9.97 Å². The highest BCUT2D eigenvalue weighted by Crippen LogP contribution is 2.14. The smallest absolute Gasteiger partial charge is 0.225 e. The van der Waals surface area contributed by atoms with Crippen LogP contribution in [0.1, 0.15) is 23.2 Å². The highest BCUT2D eigenvalue weighted by molar-refractivity contribution is 5.73. The maximum Gasteiger partial charge on any atom is 0.225 e. The third-order valence-electron chi connectivity index (χ3n) is 2.18. The van der Waals surface area contributed by atoms with Crippen LogP contribution in [0.15, 0.2) is 12.4 Å². The van der Waals surface area contributed by atoms with Crippen molar-refractivity contribution >= 4 is 12.2 Å². The molecule has 1 aliphatic rings. The van der Waals surface area contributed by atoms with E-state index in [1.54, 1.807) is 12.4 Å². The molecule has 0 spiro atoms. The largest absolute Gasteiger partial charge is 0.341 e. The van der Waals surface area contributed by atoms with Crippen LogP contribution in [0.3, 0.4) is 0 Å². The molecule has 13 heavy (non-hydrogen) atoms. The molecule has 2 heterocycles. The van der Waals surface area contributed by atoms with E-state index in [0.29, 0.717) is 5.56 Å². The van der Waals surface area contributed by atoms with Gasteiger partial charge in [-0.05, 0) is 12.8 Å². The lowest BCUT2D eigenvalue weighted by molar-refractivity contribution is 0.112. The fourth-order valence-corrected chi connectivity index (χ4v) is 1.47. The molecule has 0 bridgehead atoms. The van der Waals surface area contributed by atoms with Gasteiger partial charge in [0.25, 0.3) is 0 Å². The van der Waals surface area contributed by atoms with Crippen LogP contribution in [-0.4, -0.2) is 29.3 Å². The van der Waals surface area contributed by atoms with Crippen LogP contribution in [0.5, 0.6) is 0 Å². The first-order chi connectivity index (χ1) is 6.40. The Labute approximate surface area is 76.6 Å². The molecule has 1 aromatic heterocycles. The third kappa shape index (κ3) is 1.66. The van der Waals surface area contributed by atoms with Gasteiger partial charge in [-0.3, -0.25) is 4.79 Å². The van der Waals surface area contributed by atoms with Gasteiger partial charge in [0.1, 0.15) is 0 Å². The Kier molecular flexibility index (Phi) is 2.21. The van der Waals surface area contributed by atoms with Crippen molar-refractivity contribution in [1.29, 1.82) is 0 Å². The Morgan fingerprint density at radius 3 is 2.38 bits per heavy atom. The predicted octanol–water partition coefficient (Wildman–Crippen LogP) is 0.889. The van der Waals surface area contributed by atoms with E-state index in [2.05, 4.69) is 14.9 Å². The molecule has 0 aliphatic carbocycles. The average molecular weight is 177 g/mol. The van der Waals surface area contributed by atoms with Crippen molar-refractivity contribution in [1.82, 2.24) is 9.97 Å². The molecular formula is C9H11N3O. The minimum absolute atomic E-state index is 0.531. The molecule has 2 rings (SSSR count). The lowest BCUT2D eigenvalue weighted by atomic mass is 10.4. The molecule has 0 saturated carbocycles. The summed E-state index contributed by atoms with van der Waals surface area (Å²) in [5.74, 6) is 0.739. The number of carbonyl (C=O) groups is 1. The summed E-state index contributed by atoms with van der Waals surface area (Å²) in [6.07, 6.45) is 6.30. The van der Waals surface area contributed by atoms with Crippen molar-refractivity contribution in [2.75, 3.05) is 18.0 Å². The highest BCUT2D eigenvalue weighted by Gasteiger charge is 2.13. The van der Waals surface area contributed by atoms with Gasteiger partial charge in [-0.15, -0.1) is 0 Å². The SMILES string of the molecule is O=Cc1cnc(N2CCCC2)nc1. The summed E-state index contributed by atoms with van der Waals surface area (Å²) < 4.78 is 0. The third-order valence-corrected chi connectivity index (χ3v) is 2.18. The van der Waals surface area contributed by atoms with Crippen LogP contribution in [0.4, 0.5) is 5.95 Å². The highest BCUT2D eigenvalue weighted by atomic mass is 16.1. The van der Waals surface area contributed by atoms with E-state index < -0.39 is 0 Å². The van der Waals surface area contributed by atoms with Gasteiger partial charge in [-0.1, -0.05) is 0 Å². The van der Waals surface area contributed by atoms with Crippen LogP contribution in [0.25, 0.3) is 0 Å². The van der Waals surface area contributed by atoms with Gasteiger partial charge in [0, 0.05) is 25.5 Å². The molecule has 4 heteroatoms. The molecule has 0 atom stereocenters. The maximum atomic E-state index is 10.3. The van der Waals surface area contributed by atoms with Gasteiger partial charge in [0.15, 0.2) is 6.29 Å². The Bertz CT molecular complexity index is 290. The van der Waals surface area contributed by atoms with Gasteiger partial charge >= 0.3 is 0 Å². The molecule has 68 valence electrons. The van der Waals surface area contributed by atoms with E-state index in [0.717, 1.165) is 25.3 Å². The molecule has 1 fully saturated rings. The Balaban J connectivity index is 2.16. The Hall–Kier alpha value is -1.45. The van der Waals surface area contributed by atoms with E-state index in [4.69, 9.17) is 0 Å². The first-order valence-electron chi connectivity index (χ1n) is 4.42. The minimum Gasteiger partial charge on any atom is -0.341 e. The van der Waals surface area contributed by atoms with E-state index in [9.17, 15) is 4.79 Å². The van der Waals surface area contributed by atoms with Crippen LogP contribution in [0.2, 0.25) is 0 Å². The van der Waals surface area contributed by atoms with E-state index in [-0.39, 0.29) is 0 Å². The number of aromatic nitrogens is 2. The summed E-state index contributed by atoms with van der Waals surface area (Å²) in [7, 11) is 0. The first kappa shape index (κ1) is 8.16. The molecule has 0 aromatic carbocycles. The summed E-state index contributed by atoms with van der Waals surface area (Å²) in [6, 6.07) is 0. The molecule has 1 aromatic rings. The average Bonchev–Trinajstić information content (AvgIpc) is 2.71. The van der Waals surface area contributed by atoms with Crippen LogP contribution in [-0.2, 0) is 0 Å². The van der Waals surface area contributed by atoms with E-state index in [1.165, 1.54) is 12.8 Å². The van der Waals surface area contributed by atoms with Crippen molar-refractivity contribution in [3.8, 4) is 0 Å². The lowest BCUT2D eigenvalue weighted by Gasteiger charge is -2.13. The zero-order valence-corrected chi connectivity index (χ0v) is 7.31. The fraction of sp³-hybridized carbons (Fsp3) is 0.444. The lowest BCUT2D eigenvalue weighted by Crippen LogP contribution is -2.20. The number of anilines is 1. The normalized spacial score (nSPS) is 16.2. The number of hydrogen-bond acceptors (Lipinski definition) is 4. The molecule has 4 nitrogen and oxygen atoms in total. The number of carbonyl (C=O) groups excluding carboxylic acids is 1. The van der Waals surface area contributed by atoms with Crippen molar-refractivity contribution in [3.63, 3.8) is 0 Å². The van der Waals surface area contributed by atoms with Gasteiger partial charge in [0.05, 0.1) is 5.56 Å². The number of rotatable bonds is 2. The topological polar surface area (TPSA) is 46.1 Å². The second-order valence-corrected chi connectivity index (χ2v) is 3.13. The second kappa shape index (κ2) is 3.51. The molecule has 1 saturated heterocycles. The van der Waals surface area contributed by atoms with Gasteiger partial charge < -0.3 is 4.90 Å². The van der Waals surface area contributed by atoms with E-state index >= 15 is 0 Å². The summed E-state index contributed by atoms with van der Waals surface area (Å²) >= 11 is 0. The van der Waals surface area contributed by atoms with Gasteiger partial charge in [0.2, 0.25) is 5.95 Å². The fourth-order valence-electron chi connectivity index (χ4n) is 1.47. The first-order valence-corrected chi connectivity index (χ1v) is 4.42. The molecular weight excluding hydrogens is 166 g/mol. The quantitative estimate of drug-likeness (QED) is 0.629. The Morgan fingerprint density at radius 2 is 1.85 bits per heavy atom. The van der Waals surface area contributed by atoms with Crippen molar-refractivity contribution < 1.29 is 4.79 Å². The van der Waals surface area contributed by atoms with Crippen molar-refractivity contribution in [2.24, 2.45) is 0 Å². The second-order valence-electron chi connectivity index (χ2n) is 3.13. The van der Waals surface area contributed by atoms with Crippen molar-refractivity contribution in [3.05, 3.63) is 18.0 Å². The summed E-state index contributed by atoms with van der Waals surface area (Å²) in [6.45, 7) is 2.06. The number of nitrogens with zero attached hydrogens (tertiary/aromatic N) is 3.